The third kappa shape index (κ3) is 4.07. The van der Waals surface area contributed by atoms with Crippen molar-refractivity contribution in [1.29, 1.82) is 0 Å². The number of aliphatic hydroxyl groups is 1. The summed E-state index contributed by atoms with van der Waals surface area (Å²) in [5.41, 5.74) is 1.79. The summed E-state index contributed by atoms with van der Waals surface area (Å²) in [5.74, 6) is 0.965. The van der Waals surface area contributed by atoms with Gasteiger partial charge in [0.1, 0.15) is 13.2 Å². The first-order chi connectivity index (χ1) is 12.1. The molecule has 1 amide bonds. The van der Waals surface area contributed by atoms with Gasteiger partial charge in [-0.2, -0.15) is 0 Å². The number of amides is 1. The summed E-state index contributed by atoms with van der Waals surface area (Å²) in [4.78, 5) is 12.7. The number of hydrogen-bond donors (Lipinski definition) is 2. The molecule has 0 bridgehead atoms. The number of aliphatic hydroxyl groups excluding tert-OH is 1. The average molecular weight is 453 g/mol. The second-order valence-electron chi connectivity index (χ2n) is 5.82. The molecule has 1 atom stereocenters. The summed E-state index contributed by atoms with van der Waals surface area (Å²) in [6, 6.07) is 10.9. The van der Waals surface area contributed by atoms with Crippen LogP contribution in [0.3, 0.4) is 0 Å². The fourth-order valence-electron chi connectivity index (χ4n) is 2.75. The molecule has 2 N–H and O–H groups in total. The number of hydrogen-bond acceptors (Lipinski definition) is 4. The van der Waals surface area contributed by atoms with Crippen molar-refractivity contribution in [3.05, 3.63) is 51.1 Å². The first-order valence-electron chi connectivity index (χ1n) is 8.27. The molecular weight excluding hydrogens is 433 g/mol. The first-order valence-corrected chi connectivity index (χ1v) is 9.35. The Labute approximate surface area is 160 Å². The zero-order chi connectivity index (χ0) is 17.8. The maximum absolute atomic E-state index is 12.7. The van der Waals surface area contributed by atoms with Crippen LogP contribution in [-0.4, -0.2) is 24.2 Å². The van der Waals surface area contributed by atoms with Gasteiger partial charge in [-0.3, -0.25) is 4.79 Å². The van der Waals surface area contributed by atoms with E-state index >= 15 is 0 Å². The second kappa shape index (κ2) is 8.05. The number of rotatable bonds is 5. The predicted molar refractivity (Wildman–Crippen MR) is 104 cm³/mol. The fourth-order valence-corrected chi connectivity index (χ4v) is 3.38. The van der Waals surface area contributed by atoms with E-state index in [2.05, 4.69) is 27.9 Å². The maximum Gasteiger partial charge on any atom is 0.256 e. The number of nitrogens with one attached hydrogen (secondary N) is 1. The molecule has 1 aliphatic heterocycles. The SMILES string of the molecule is CCC[C@@H](O)c1cc2c(cc1NC(=O)c1ccccc1I)OCCO2. The second-order valence-corrected chi connectivity index (χ2v) is 6.98. The van der Waals surface area contributed by atoms with E-state index in [1.54, 1.807) is 18.2 Å². The molecule has 1 aliphatic rings. The van der Waals surface area contributed by atoms with E-state index in [4.69, 9.17) is 9.47 Å². The van der Waals surface area contributed by atoms with Crippen LogP contribution in [0.2, 0.25) is 0 Å². The van der Waals surface area contributed by atoms with Crippen molar-refractivity contribution in [2.24, 2.45) is 0 Å². The van der Waals surface area contributed by atoms with Gasteiger partial charge < -0.3 is 19.9 Å². The molecule has 6 heteroatoms. The van der Waals surface area contributed by atoms with E-state index in [0.717, 1.165) is 9.99 Å². The highest BCUT2D eigenvalue weighted by Crippen LogP contribution is 2.39. The van der Waals surface area contributed by atoms with Gasteiger partial charge in [0.15, 0.2) is 11.5 Å². The minimum absolute atomic E-state index is 0.216. The van der Waals surface area contributed by atoms with Gasteiger partial charge in [0.25, 0.3) is 5.91 Å². The Kier molecular flexibility index (Phi) is 5.80. The van der Waals surface area contributed by atoms with Crippen molar-refractivity contribution in [2.75, 3.05) is 18.5 Å². The Morgan fingerprint density at radius 2 is 1.92 bits per heavy atom. The van der Waals surface area contributed by atoms with Crippen LogP contribution in [0.5, 0.6) is 11.5 Å². The Bertz CT molecular complexity index is 778. The number of fused-ring (bicyclic) bond motifs is 1. The highest BCUT2D eigenvalue weighted by Gasteiger charge is 2.21. The van der Waals surface area contributed by atoms with Crippen molar-refractivity contribution in [2.45, 2.75) is 25.9 Å². The molecule has 0 radical (unpaired) electrons. The van der Waals surface area contributed by atoms with Gasteiger partial charge in [0.2, 0.25) is 0 Å². The number of carbonyl (C=O) groups is 1. The molecule has 0 aliphatic carbocycles. The van der Waals surface area contributed by atoms with Crippen LogP contribution in [-0.2, 0) is 0 Å². The molecule has 0 spiro atoms. The van der Waals surface area contributed by atoms with Crippen molar-refractivity contribution >= 4 is 34.2 Å². The third-order valence-corrected chi connectivity index (χ3v) is 4.94. The van der Waals surface area contributed by atoms with Crippen molar-refractivity contribution in [1.82, 2.24) is 0 Å². The van der Waals surface area contributed by atoms with Crippen molar-refractivity contribution < 1.29 is 19.4 Å². The summed E-state index contributed by atoms with van der Waals surface area (Å²) in [6.45, 7) is 2.95. The van der Waals surface area contributed by atoms with Crippen LogP contribution in [0, 0.1) is 3.57 Å². The van der Waals surface area contributed by atoms with E-state index in [-0.39, 0.29) is 5.91 Å². The number of anilines is 1. The quantitative estimate of drug-likeness (QED) is 0.668. The highest BCUT2D eigenvalue weighted by atomic mass is 127. The molecule has 25 heavy (non-hydrogen) atoms. The van der Waals surface area contributed by atoms with Crippen LogP contribution in [0.1, 0.15) is 41.8 Å². The van der Waals surface area contributed by atoms with Gasteiger partial charge >= 0.3 is 0 Å². The summed E-state index contributed by atoms with van der Waals surface area (Å²) < 4.78 is 12.1. The number of carbonyl (C=O) groups excluding carboxylic acids is 1. The number of halogens is 1. The molecule has 5 nitrogen and oxygen atoms in total. The van der Waals surface area contributed by atoms with E-state index < -0.39 is 6.10 Å². The fraction of sp³-hybridized carbons (Fsp3) is 0.316. The smallest absolute Gasteiger partial charge is 0.256 e. The van der Waals surface area contributed by atoms with Gasteiger partial charge in [-0.15, -0.1) is 0 Å². The molecule has 2 aromatic carbocycles. The van der Waals surface area contributed by atoms with Crippen molar-refractivity contribution in [3.63, 3.8) is 0 Å². The van der Waals surface area contributed by atoms with E-state index in [1.807, 2.05) is 25.1 Å². The summed E-state index contributed by atoms with van der Waals surface area (Å²) in [7, 11) is 0. The first kappa shape index (κ1) is 18.0. The molecule has 0 saturated heterocycles. The van der Waals surface area contributed by atoms with E-state index in [0.29, 0.717) is 47.9 Å². The molecule has 2 aromatic rings. The lowest BCUT2D eigenvalue weighted by molar-refractivity contribution is 0.102. The van der Waals surface area contributed by atoms with Crippen LogP contribution in [0.15, 0.2) is 36.4 Å². The van der Waals surface area contributed by atoms with Gasteiger partial charge in [0.05, 0.1) is 17.4 Å². The average Bonchev–Trinajstić information content (AvgIpc) is 2.61. The molecular formula is C19H20INO4. The van der Waals surface area contributed by atoms with Gasteiger partial charge in [0, 0.05) is 15.2 Å². The van der Waals surface area contributed by atoms with Crippen LogP contribution >= 0.6 is 22.6 Å². The Morgan fingerprint density at radius 1 is 1.24 bits per heavy atom. The number of ether oxygens (including phenoxy) is 2. The monoisotopic (exact) mass is 453 g/mol. The lowest BCUT2D eigenvalue weighted by Crippen LogP contribution is -2.19. The zero-order valence-corrected chi connectivity index (χ0v) is 16.1. The minimum atomic E-state index is -0.675. The maximum atomic E-state index is 12.7. The van der Waals surface area contributed by atoms with Gasteiger partial charge in [-0.25, -0.2) is 0 Å². The molecule has 3 rings (SSSR count). The Hall–Kier alpha value is -1.80. The van der Waals surface area contributed by atoms with Crippen LogP contribution in [0.4, 0.5) is 5.69 Å². The minimum Gasteiger partial charge on any atom is -0.486 e. The third-order valence-electron chi connectivity index (χ3n) is 4.00. The zero-order valence-electron chi connectivity index (χ0n) is 13.9. The molecule has 1 heterocycles. The normalized spacial score (nSPS) is 14.0. The van der Waals surface area contributed by atoms with Gasteiger partial charge in [-0.05, 0) is 47.2 Å². The lowest BCUT2D eigenvalue weighted by atomic mass is 10.0. The molecule has 0 unspecified atom stereocenters. The Balaban J connectivity index is 1.95. The van der Waals surface area contributed by atoms with Crippen LogP contribution < -0.4 is 14.8 Å². The lowest BCUT2D eigenvalue weighted by Gasteiger charge is -2.23. The predicted octanol–water partition coefficient (Wildman–Crippen LogP) is 4.15. The van der Waals surface area contributed by atoms with E-state index in [1.165, 1.54) is 0 Å². The van der Waals surface area contributed by atoms with Crippen LogP contribution in [0.25, 0.3) is 0 Å². The summed E-state index contributed by atoms with van der Waals surface area (Å²) >= 11 is 2.13. The van der Waals surface area contributed by atoms with Gasteiger partial charge in [-0.1, -0.05) is 25.5 Å². The van der Waals surface area contributed by atoms with Crippen molar-refractivity contribution in [3.8, 4) is 11.5 Å². The molecule has 0 aromatic heterocycles. The molecule has 132 valence electrons. The molecule has 0 saturated carbocycles. The standard InChI is InChI=1S/C19H20INO4/c1-2-5-16(22)13-10-17-18(25-9-8-24-17)11-15(13)21-19(23)12-6-3-4-7-14(12)20/h3-4,6-7,10-11,16,22H,2,5,8-9H2,1H3,(H,21,23)/t16-/m1/s1. The Morgan fingerprint density at radius 3 is 2.60 bits per heavy atom. The largest absolute Gasteiger partial charge is 0.486 e. The summed E-state index contributed by atoms with van der Waals surface area (Å²) in [5, 5.41) is 13.4. The summed E-state index contributed by atoms with van der Waals surface area (Å²) in [6.07, 6.45) is 0.760. The number of benzene rings is 2. The topological polar surface area (TPSA) is 67.8 Å². The molecule has 0 fully saturated rings. The highest BCUT2D eigenvalue weighted by molar-refractivity contribution is 14.1. The van der Waals surface area contributed by atoms with E-state index in [9.17, 15) is 9.90 Å².